The Labute approximate surface area is 504 Å². The average molecular weight is 1120 g/mol. The van der Waals surface area contributed by atoms with E-state index in [2.05, 4.69) is 322 Å². The molecular weight excluding hydrogens is 1070 g/mol. The van der Waals surface area contributed by atoms with Crippen LogP contribution in [0.1, 0.15) is 0 Å². The molecule has 14 aromatic carbocycles. The topological polar surface area (TPSA) is 45.5 Å². The van der Waals surface area contributed by atoms with Crippen LogP contribution in [-0.2, 0) is 0 Å². The van der Waals surface area contributed by atoms with Crippen LogP contribution in [0.25, 0.3) is 176 Å². The van der Waals surface area contributed by atoms with Crippen LogP contribution in [-0.4, -0.2) is 28.2 Å². The Morgan fingerprint density at radius 3 is 1.09 bits per heavy atom. The highest BCUT2D eigenvalue weighted by atomic mass is 15.2. The lowest BCUT2D eigenvalue weighted by Gasteiger charge is -2.17. The summed E-state index contributed by atoms with van der Waals surface area (Å²) in [6.45, 7) is 0. The minimum absolute atomic E-state index is 0.625. The van der Waals surface area contributed by atoms with Crippen molar-refractivity contribution < 1.29 is 0 Å². The third kappa shape index (κ3) is 7.11. The van der Waals surface area contributed by atoms with E-state index >= 15 is 0 Å². The second-order valence-electron chi connectivity index (χ2n) is 23.2. The molecule has 0 atom stereocenters. The van der Waals surface area contributed by atoms with Crippen molar-refractivity contribution in [3.63, 3.8) is 0 Å². The number of rotatable bonds is 7. The monoisotopic (exact) mass is 1120 g/mol. The summed E-state index contributed by atoms with van der Waals surface area (Å²) in [4.78, 5) is 11.4. The highest BCUT2D eigenvalue weighted by molar-refractivity contribution is 6.18. The number of hydrogen-bond donors (Lipinski definition) is 0. The molecule has 0 bridgehead atoms. The fourth-order valence-electron chi connectivity index (χ4n) is 14.6. The summed E-state index contributed by atoms with van der Waals surface area (Å²) in [5.41, 5.74) is 20.1. The first kappa shape index (κ1) is 48.5. The molecule has 0 fully saturated rings. The molecule has 0 aliphatic rings. The van der Waals surface area contributed by atoms with Gasteiger partial charge in [0.2, 0.25) is 5.95 Å². The van der Waals surface area contributed by atoms with Crippen molar-refractivity contribution in [2.75, 3.05) is 0 Å². The summed E-state index contributed by atoms with van der Waals surface area (Å²) in [6.07, 6.45) is 0. The van der Waals surface area contributed by atoms with Crippen LogP contribution < -0.4 is 0 Å². The molecule has 19 aromatic rings. The molecule has 0 spiro atoms. The molecule has 0 saturated heterocycles. The number of fused-ring (bicyclic) bond motifs is 16. The van der Waals surface area contributed by atoms with E-state index in [0.717, 1.165) is 105 Å². The third-order valence-electron chi connectivity index (χ3n) is 18.6. The second kappa shape index (κ2) is 18.8. The van der Waals surface area contributed by atoms with Gasteiger partial charge in [-0.1, -0.05) is 194 Å². The van der Waals surface area contributed by atoms with Gasteiger partial charge in [-0.2, -0.15) is 0 Å². The standard InChI is InChI=1S/C82H50N6/c1-3-20-56(21-4-1)85-71-31-15-11-27-61(71)67-47-52(36-42-76(67)85)54-38-44-78-69(49-54)63-29-13-17-33-73(63)87(78)75-46-41-65(59-25-9-10-26-60(59)75)81-66-40-35-51-19-7-8-24-58(51)80(66)83-82(84-81)88-74-34-18-14-30-64(74)70-50-55(39-45-79(70)88)53-37-43-77-68(48-53)62-28-12-16-32-72(62)86(77)57-22-5-2-6-23-57/h1-50H. The molecular formula is C82H50N6. The van der Waals surface area contributed by atoms with Crippen LogP contribution in [0.2, 0.25) is 0 Å². The van der Waals surface area contributed by atoms with E-state index in [-0.39, 0.29) is 0 Å². The molecule has 0 unspecified atom stereocenters. The summed E-state index contributed by atoms with van der Waals surface area (Å²) < 4.78 is 9.49. The molecule has 6 nitrogen and oxygen atoms in total. The Morgan fingerprint density at radius 1 is 0.216 bits per heavy atom. The van der Waals surface area contributed by atoms with Crippen molar-refractivity contribution in [1.82, 2.24) is 28.2 Å². The average Bonchev–Trinajstić information content (AvgIpc) is 1.70. The van der Waals surface area contributed by atoms with Gasteiger partial charge in [0.1, 0.15) is 0 Å². The van der Waals surface area contributed by atoms with Crippen molar-refractivity contribution >= 4 is 120 Å². The van der Waals surface area contributed by atoms with Gasteiger partial charge in [0.05, 0.1) is 61.0 Å². The summed E-state index contributed by atoms with van der Waals surface area (Å²) in [6, 6.07) is 111. The summed E-state index contributed by atoms with van der Waals surface area (Å²) in [5, 5.41) is 15.1. The number of aromatic nitrogens is 6. The molecule has 408 valence electrons. The predicted octanol–water partition coefficient (Wildman–Crippen LogP) is 21.3. The maximum absolute atomic E-state index is 5.77. The molecule has 0 aliphatic carbocycles. The van der Waals surface area contributed by atoms with E-state index in [1.807, 2.05) is 0 Å². The molecule has 5 aromatic heterocycles. The first-order valence-electron chi connectivity index (χ1n) is 30.1. The zero-order chi connectivity index (χ0) is 57.6. The molecule has 5 heterocycles. The number of para-hydroxylation sites is 6. The maximum Gasteiger partial charge on any atom is 0.235 e. The summed E-state index contributed by atoms with van der Waals surface area (Å²) >= 11 is 0. The first-order chi connectivity index (χ1) is 43.7. The van der Waals surface area contributed by atoms with E-state index < -0.39 is 0 Å². The fraction of sp³-hybridized carbons (Fsp3) is 0. The van der Waals surface area contributed by atoms with Gasteiger partial charge in [-0.25, -0.2) is 9.97 Å². The van der Waals surface area contributed by atoms with Crippen molar-refractivity contribution in [2.24, 2.45) is 0 Å². The van der Waals surface area contributed by atoms with Gasteiger partial charge in [0.15, 0.2) is 0 Å². The van der Waals surface area contributed by atoms with E-state index in [1.54, 1.807) is 0 Å². The van der Waals surface area contributed by atoms with Crippen molar-refractivity contribution in [3.05, 3.63) is 303 Å². The summed E-state index contributed by atoms with van der Waals surface area (Å²) in [7, 11) is 0. The Morgan fingerprint density at radius 2 is 0.591 bits per heavy atom. The molecule has 0 amide bonds. The van der Waals surface area contributed by atoms with E-state index in [0.29, 0.717) is 5.95 Å². The van der Waals surface area contributed by atoms with Gasteiger partial charge in [0.25, 0.3) is 0 Å². The smallest absolute Gasteiger partial charge is 0.235 e. The SMILES string of the molecule is c1ccc(-n2c3ccccc3c3cc(-c4ccc5c(c4)c4ccccc4n5-c4nc(-c5ccc(-n6c7ccccc7c7cc(-c8ccc9c(c8)c8ccccc8n9-c8ccccc8)ccc76)c6ccccc56)c5ccc6ccccc6c5n4)ccc32)cc1. The zero-order valence-corrected chi connectivity index (χ0v) is 47.6. The zero-order valence-electron chi connectivity index (χ0n) is 47.6. The number of hydrogen-bond acceptors (Lipinski definition) is 2. The Hall–Kier alpha value is -11.9. The van der Waals surface area contributed by atoms with E-state index in [1.165, 1.54) is 65.5 Å². The predicted molar refractivity (Wildman–Crippen MR) is 368 cm³/mol. The molecule has 0 aliphatic heterocycles. The first-order valence-corrected chi connectivity index (χ1v) is 30.1. The lowest BCUT2D eigenvalue weighted by molar-refractivity contribution is 1.02. The molecule has 0 radical (unpaired) electrons. The lowest BCUT2D eigenvalue weighted by Crippen LogP contribution is -2.04. The number of nitrogens with zero attached hydrogens (tertiary/aromatic N) is 6. The molecule has 0 saturated carbocycles. The highest BCUT2D eigenvalue weighted by Gasteiger charge is 2.24. The van der Waals surface area contributed by atoms with Gasteiger partial charge in [-0.3, -0.25) is 4.57 Å². The normalized spacial score (nSPS) is 12.1. The van der Waals surface area contributed by atoms with Crippen molar-refractivity contribution in [2.45, 2.75) is 0 Å². The highest BCUT2D eigenvalue weighted by Crippen LogP contribution is 2.44. The van der Waals surface area contributed by atoms with Crippen LogP contribution in [0.5, 0.6) is 0 Å². The third-order valence-corrected chi connectivity index (χ3v) is 18.6. The largest absolute Gasteiger partial charge is 0.309 e. The number of benzene rings is 14. The molecule has 0 N–H and O–H groups in total. The van der Waals surface area contributed by atoms with Crippen molar-refractivity contribution in [1.29, 1.82) is 0 Å². The Balaban J connectivity index is 0.770. The fourth-order valence-corrected chi connectivity index (χ4v) is 14.6. The van der Waals surface area contributed by atoms with Crippen LogP contribution >= 0.6 is 0 Å². The van der Waals surface area contributed by atoms with Crippen LogP contribution in [0.3, 0.4) is 0 Å². The van der Waals surface area contributed by atoms with Crippen LogP contribution in [0.15, 0.2) is 303 Å². The quantitative estimate of drug-likeness (QED) is 0.149. The molecule has 6 heteroatoms. The molecule has 88 heavy (non-hydrogen) atoms. The summed E-state index contributed by atoms with van der Waals surface area (Å²) in [5.74, 6) is 0.625. The second-order valence-corrected chi connectivity index (χ2v) is 23.2. The van der Waals surface area contributed by atoms with Gasteiger partial charge in [0, 0.05) is 76.2 Å². The van der Waals surface area contributed by atoms with E-state index in [4.69, 9.17) is 9.97 Å². The van der Waals surface area contributed by atoms with Crippen LogP contribution in [0.4, 0.5) is 0 Å². The van der Waals surface area contributed by atoms with Gasteiger partial charge in [-0.05, 0) is 142 Å². The molecule has 19 rings (SSSR count). The van der Waals surface area contributed by atoms with Crippen molar-refractivity contribution in [3.8, 4) is 56.5 Å². The van der Waals surface area contributed by atoms with Gasteiger partial charge >= 0.3 is 0 Å². The minimum atomic E-state index is 0.625. The lowest BCUT2D eigenvalue weighted by atomic mass is 9.96. The van der Waals surface area contributed by atoms with Crippen LogP contribution in [0, 0.1) is 0 Å². The Bertz CT molecular complexity index is 6120. The maximum atomic E-state index is 5.77. The van der Waals surface area contributed by atoms with E-state index in [9.17, 15) is 0 Å². The van der Waals surface area contributed by atoms with Gasteiger partial charge in [-0.15, -0.1) is 0 Å². The minimum Gasteiger partial charge on any atom is -0.309 e. The Kier molecular flexibility index (Phi) is 10.4. The van der Waals surface area contributed by atoms with Gasteiger partial charge < -0.3 is 13.7 Å².